The number of aryl methyl sites for hydroxylation is 1. The molecule has 3 aromatic carbocycles. The number of carbonyl (C=O) groups is 3. The summed E-state index contributed by atoms with van der Waals surface area (Å²) in [6.45, 7) is 14.3. The van der Waals surface area contributed by atoms with E-state index < -0.39 is 88.8 Å². The third kappa shape index (κ3) is 8.56. The van der Waals surface area contributed by atoms with Gasteiger partial charge in [0, 0.05) is 67.4 Å². The van der Waals surface area contributed by atoms with Crippen molar-refractivity contribution in [2.24, 2.45) is 28.7 Å². The summed E-state index contributed by atoms with van der Waals surface area (Å²) in [5.74, 6) is -8.49. The Morgan fingerprint density at radius 3 is 2.24 bits per heavy atom. The first-order chi connectivity index (χ1) is 27.7. The maximum Gasteiger partial charge on any atom is 0.312 e. The summed E-state index contributed by atoms with van der Waals surface area (Å²) >= 11 is 0. The topological polar surface area (TPSA) is 214 Å². The smallest absolute Gasteiger partial charge is 0.312 e. The SMILES string of the molecule is CO[C@H]1/C=C/O[C@@]2(C)Oc3c(C)c(O)c4c(O)c(c(C=Nc5ccccc5C)c(O)c4c3C2=O)NC(=O)/C(C)=C\C=C\[C@H](C)[C@H](O)[C@@H](C)[C@@H](O)[C@H](C)[C@H](OC(C)=O)[C@H]1C. The average Bonchev–Trinajstić information content (AvgIpc) is 3.46. The van der Waals surface area contributed by atoms with Gasteiger partial charge in [0.05, 0.1) is 52.5 Å². The third-order valence-electron chi connectivity index (χ3n) is 11.5. The van der Waals surface area contributed by atoms with Crippen LogP contribution in [0.25, 0.3) is 10.8 Å². The van der Waals surface area contributed by atoms with Gasteiger partial charge in [0.2, 0.25) is 0 Å². The molecule has 0 saturated carbocycles. The molecular weight excluding hydrogens is 760 g/mol. The Labute approximate surface area is 343 Å². The van der Waals surface area contributed by atoms with E-state index in [9.17, 15) is 39.9 Å². The van der Waals surface area contributed by atoms with Gasteiger partial charge in [0.15, 0.2) is 5.75 Å². The summed E-state index contributed by atoms with van der Waals surface area (Å²) in [5, 5.41) is 60.5. The lowest BCUT2D eigenvalue weighted by Gasteiger charge is -2.38. The number of hydrogen-bond acceptors (Lipinski definition) is 13. The Kier molecular flexibility index (Phi) is 13.3. The summed E-state index contributed by atoms with van der Waals surface area (Å²) in [7, 11) is 1.43. The van der Waals surface area contributed by atoms with Crippen molar-refractivity contribution in [3.8, 4) is 23.0 Å². The van der Waals surface area contributed by atoms with Crippen molar-refractivity contribution in [3.05, 3.63) is 82.7 Å². The van der Waals surface area contributed by atoms with Gasteiger partial charge in [-0.05, 0) is 38.5 Å². The number of aromatic hydroxyl groups is 3. The molecule has 0 radical (unpaired) electrons. The molecule has 316 valence electrons. The van der Waals surface area contributed by atoms with Gasteiger partial charge in [-0.1, -0.05) is 64.1 Å². The first-order valence-corrected chi connectivity index (χ1v) is 19.4. The second-order valence-corrected chi connectivity index (χ2v) is 15.7. The van der Waals surface area contributed by atoms with Gasteiger partial charge in [0.1, 0.15) is 23.4 Å². The molecule has 9 atom stereocenters. The van der Waals surface area contributed by atoms with Crippen LogP contribution in [-0.4, -0.2) is 86.7 Å². The number of ether oxygens (including phenoxy) is 4. The van der Waals surface area contributed by atoms with Crippen LogP contribution in [-0.2, 0) is 23.8 Å². The number of aliphatic imine (C=N–C) groups is 1. The zero-order valence-corrected chi connectivity index (χ0v) is 34.9. The van der Waals surface area contributed by atoms with Crippen molar-refractivity contribution in [1.29, 1.82) is 0 Å². The highest BCUT2D eigenvalue weighted by Crippen LogP contribution is 2.55. The van der Waals surface area contributed by atoms with Gasteiger partial charge in [-0.3, -0.25) is 19.4 Å². The number of nitrogens with zero attached hydrogens (tertiary/aromatic N) is 1. The maximum absolute atomic E-state index is 14.4. The number of fused-ring (bicyclic) bond motifs is 14. The van der Waals surface area contributed by atoms with Gasteiger partial charge in [-0.2, -0.15) is 0 Å². The third-order valence-corrected chi connectivity index (χ3v) is 11.5. The molecule has 3 aliphatic heterocycles. The summed E-state index contributed by atoms with van der Waals surface area (Å²) in [6, 6.07) is 7.16. The van der Waals surface area contributed by atoms with Crippen molar-refractivity contribution >= 4 is 46.0 Å². The first-order valence-electron chi connectivity index (χ1n) is 19.4. The maximum atomic E-state index is 14.4. The zero-order chi connectivity index (χ0) is 43.7. The van der Waals surface area contributed by atoms with Gasteiger partial charge < -0.3 is 49.8 Å². The van der Waals surface area contributed by atoms with Crippen molar-refractivity contribution < 1.29 is 58.9 Å². The number of aliphatic hydroxyl groups is 2. The van der Waals surface area contributed by atoms with Gasteiger partial charge in [-0.25, -0.2) is 0 Å². The number of carbonyl (C=O) groups excluding carboxylic acids is 3. The van der Waals surface area contributed by atoms with E-state index in [-0.39, 0.29) is 44.5 Å². The molecule has 3 aromatic rings. The fraction of sp³-hybridized carbons (Fsp3) is 0.422. The monoisotopic (exact) mass is 814 g/mol. The molecule has 1 amide bonds. The van der Waals surface area contributed by atoms with Crippen LogP contribution >= 0.6 is 0 Å². The van der Waals surface area contributed by atoms with Crippen LogP contribution in [0.15, 0.2) is 65.4 Å². The quantitative estimate of drug-likeness (QED) is 0.0694. The molecular formula is C45H54N2O12. The fourth-order valence-electron chi connectivity index (χ4n) is 7.71. The number of anilines is 1. The first kappa shape index (κ1) is 44.4. The largest absolute Gasteiger partial charge is 0.507 e. The number of hydrogen-bond donors (Lipinski definition) is 6. The summed E-state index contributed by atoms with van der Waals surface area (Å²) in [4.78, 5) is 45.0. The van der Waals surface area contributed by atoms with Crippen molar-refractivity contribution in [2.45, 2.75) is 92.5 Å². The van der Waals surface area contributed by atoms with Crippen LogP contribution in [0.3, 0.4) is 0 Å². The molecule has 6 rings (SSSR count). The summed E-state index contributed by atoms with van der Waals surface area (Å²) < 4.78 is 23.6. The average molecular weight is 815 g/mol. The van der Waals surface area contributed by atoms with E-state index >= 15 is 0 Å². The highest BCUT2D eigenvalue weighted by Gasteiger charge is 2.50. The normalized spacial score (nSPS) is 30.1. The summed E-state index contributed by atoms with van der Waals surface area (Å²) in [6.07, 6.45) is 4.75. The van der Waals surface area contributed by atoms with E-state index in [4.69, 9.17) is 18.9 Å². The number of allylic oxidation sites excluding steroid dienone is 2. The number of benzene rings is 3. The van der Waals surface area contributed by atoms with Crippen LogP contribution < -0.4 is 10.1 Å². The zero-order valence-electron chi connectivity index (χ0n) is 34.9. The predicted molar refractivity (Wildman–Crippen MR) is 222 cm³/mol. The molecule has 0 saturated heterocycles. The number of aliphatic hydroxyl groups excluding tert-OH is 2. The van der Waals surface area contributed by atoms with Crippen LogP contribution in [0.5, 0.6) is 23.0 Å². The van der Waals surface area contributed by atoms with E-state index in [0.29, 0.717) is 5.69 Å². The van der Waals surface area contributed by atoms with Gasteiger partial charge in [0.25, 0.3) is 11.7 Å². The van der Waals surface area contributed by atoms with Gasteiger partial charge in [-0.15, -0.1) is 0 Å². The number of esters is 1. The number of phenolic OH excluding ortho intramolecular Hbond substituents is 3. The number of Topliss-reactive ketones (excluding diaryl/α,β-unsaturated/α-hetero) is 1. The molecule has 0 unspecified atom stereocenters. The van der Waals surface area contributed by atoms with Crippen molar-refractivity contribution in [1.82, 2.24) is 0 Å². The lowest BCUT2D eigenvalue weighted by molar-refractivity contribution is -0.160. The molecule has 3 heterocycles. The molecule has 0 spiro atoms. The predicted octanol–water partition coefficient (Wildman–Crippen LogP) is 6.81. The second kappa shape index (κ2) is 17.7. The second-order valence-electron chi connectivity index (χ2n) is 15.7. The lowest BCUT2D eigenvalue weighted by Crippen LogP contribution is -2.46. The van der Waals surface area contributed by atoms with Crippen LogP contribution in [0, 0.1) is 37.5 Å². The Hall–Kier alpha value is -5.70. The number of rotatable bonds is 4. The molecule has 5 bridgehead atoms. The fourth-order valence-corrected chi connectivity index (χ4v) is 7.71. The van der Waals surface area contributed by atoms with E-state index in [1.54, 1.807) is 52.0 Å². The van der Waals surface area contributed by atoms with E-state index in [2.05, 4.69) is 10.3 Å². The Balaban J connectivity index is 1.74. The molecule has 14 nitrogen and oxygen atoms in total. The number of methoxy groups -OCH3 is 1. The molecule has 0 aromatic heterocycles. The minimum Gasteiger partial charge on any atom is -0.507 e. The number of nitrogens with one attached hydrogen (secondary N) is 1. The van der Waals surface area contributed by atoms with Crippen molar-refractivity contribution in [3.63, 3.8) is 0 Å². The number of ketones is 1. The Morgan fingerprint density at radius 1 is 0.915 bits per heavy atom. The molecule has 59 heavy (non-hydrogen) atoms. The van der Waals surface area contributed by atoms with Crippen LogP contribution in [0.1, 0.15) is 75.5 Å². The van der Waals surface area contributed by atoms with Crippen LogP contribution in [0.4, 0.5) is 11.4 Å². The minimum atomic E-state index is -2.06. The number of amides is 1. The van der Waals surface area contributed by atoms with Crippen molar-refractivity contribution in [2.75, 3.05) is 12.4 Å². The minimum absolute atomic E-state index is 0.0443. The molecule has 0 aliphatic carbocycles. The Morgan fingerprint density at radius 2 is 1.59 bits per heavy atom. The molecule has 0 fully saturated rings. The Bertz CT molecular complexity index is 2260. The standard InChI is InChI=1S/C45H54N2O12/c1-21-14-11-12-17-30(21)46-20-29-35-40(53)33-32(39(29)52)34-42(27(7)38(33)51)59-45(9,43(34)54)57-19-18-31(56-10)24(4)41(58-28(8)48)26(6)37(50)25(5)36(49)22(2)15-13-16-23(3)44(55)47-35/h11-20,22,24-26,31,36-37,41,49-53H,1-10H3,(H,47,55)/b15-13+,19-18+,23-16-,46-20?/t22-,24-,25+,26-,31-,36-,37+,41+,45-/m0/s1. The van der Waals surface area contributed by atoms with E-state index in [1.165, 1.54) is 59.4 Å². The highest BCUT2D eigenvalue weighted by atomic mass is 16.7. The molecule has 14 heteroatoms. The lowest BCUT2D eigenvalue weighted by atomic mass is 9.78. The van der Waals surface area contributed by atoms with Crippen LogP contribution in [0.2, 0.25) is 0 Å². The van der Waals surface area contributed by atoms with E-state index in [0.717, 1.165) is 5.56 Å². The summed E-state index contributed by atoms with van der Waals surface area (Å²) in [5.41, 5.74) is 0.849. The highest BCUT2D eigenvalue weighted by molar-refractivity contribution is 6.24. The number of phenols is 3. The molecule has 6 N–H and O–H groups in total. The molecule has 3 aliphatic rings. The van der Waals surface area contributed by atoms with E-state index in [1.807, 2.05) is 19.1 Å². The number of para-hydroxylation sites is 1. The van der Waals surface area contributed by atoms with Gasteiger partial charge >= 0.3 is 11.8 Å².